The van der Waals surface area contributed by atoms with Gasteiger partial charge >= 0.3 is 0 Å². The Morgan fingerprint density at radius 2 is 1.07 bits per heavy atom. The van der Waals surface area contributed by atoms with Gasteiger partial charge in [0.25, 0.3) is 0 Å². The Labute approximate surface area is 241 Å². The lowest BCUT2D eigenvalue weighted by molar-refractivity contribution is 0.558. The Kier molecular flexibility index (Phi) is 6.37. The van der Waals surface area contributed by atoms with Gasteiger partial charge in [0.05, 0.1) is 21.4 Å². The maximum Gasteiger partial charge on any atom is 0.200 e. The summed E-state index contributed by atoms with van der Waals surface area (Å²) in [5, 5.41) is 2.09. The predicted molar refractivity (Wildman–Crippen MR) is 171 cm³/mol. The minimum Gasteiger partial charge on any atom is -0.456 e. The van der Waals surface area contributed by atoms with Gasteiger partial charge in [0.2, 0.25) is 5.43 Å². The highest BCUT2D eigenvalue weighted by Gasteiger charge is 2.11. The smallest absolute Gasteiger partial charge is 0.200 e. The van der Waals surface area contributed by atoms with Gasteiger partial charge in [0, 0.05) is 0 Å². The minimum absolute atomic E-state index is 0.0767. The molecule has 0 atom stereocenters. The lowest BCUT2D eigenvalue weighted by Crippen LogP contribution is -2.38. The molecular formula is C38H26O4. The van der Waals surface area contributed by atoms with Gasteiger partial charge < -0.3 is 8.83 Å². The van der Waals surface area contributed by atoms with E-state index in [1.807, 2.05) is 134 Å². The van der Waals surface area contributed by atoms with Crippen molar-refractivity contribution in [1.29, 1.82) is 0 Å². The van der Waals surface area contributed by atoms with Crippen LogP contribution in [-0.4, -0.2) is 0 Å². The van der Waals surface area contributed by atoms with Crippen molar-refractivity contribution in [2.75, 3.05) is 0 Å². The molecule has 5 aromatic carbocycles. The van der Waals surface area contributed by atoms with Crippen molar-refractivity contribution in [1.82, 2.24) is 0 Å². The first kappa shape index (κ1) is 25.5. The first-order chi connectivity index (χ1) is 20.6. The SMILES string of the molecule is C/C=c1/oc2ccc(-c3ccccc3)cc2c(=O)/c1=C/Cc1ccc2oc3ccc(-c4ccccc4)cc3c(=O)c2c1. The molecule has 0 radical (unpaired) electrons. The Balaban J connectivity index is 1.32. The van der Waals surface area contributed by atoms with Crippen molar-refractivity contribution < 1.29 is 8.83 Å². The summed E-state index contributed by atoms with van der Waals surface area (Å²) in [5.74, 6) is 0. The van der Waals surface area contributed by atoms with Crippen LogP contribution >= 0.6 is 0 Å². The standard InChI is InChI=1S/C38H26O4/c1-2-33-29(37(39)31-22-27(15-19-35(31)41-33)25-9-5-3-6-10-25)17-13-24-14-18-34-30(21-24)38(40)32-23-28(16-20-36(32)42-34)26-11-7-4-8-12-26/h2-12,14-23H,13H2,1H3/b29-17+,33-2+. The molecule has 2 aromatic heterocycles. The fourth-order valence-corrected chi connectivity index (χ4v) is 5.51. The second kappa shape index (κ2) is 10.5. The van der Waals surface area contributed by atoms with Crippen LogP contribution in [0.3, 0.4) is 0 Å². The average molecular weight is 547 g/mol. The van der Waals surface area contributed by atoms with E-state index in [4.69, 9.17) is 8.83 Å². The lowest BCUT2D eigenvalue weighted by Gasteiger charge is -2.06. The molecule has 0 fully saturated rings. The van der Waals surface area contributed by atoms with Crippen LogP contribution in [0.2, 0.25) is 0 Å². The zero-order valence-corrected chi connectivity index (χ0v) is 23.0. The van der Waals surface area contributed by atoms with Crippen molar-refractivity contribution in [3.63, 3.8) is 0 Å². The molecule has 0 aliphatic carbocycles. The monoisotopic (exact) mass is 546 g/mol. The number of fused-ring (bicyclic) bond motifs is 3. The van der Waals surface area contributed by atoms with E-state index in [2.05, 4.69) is 0 Å². The van der Waals surface area contributed by atoms with E-state index in [-0.39, 0.29) is 10.9 Å². The van der Waals surface area contributed by atoms with Gasteiger partial charge in [0.15, 0.2) is 5.43 Å². The van der Waals surface area contributed by atoms with Crippen LogP contribution in [0, 0.1) is 0 Å². The van der Waals surface area contributed by atoms with Crippen LogP contribution in [0.1, 0.15) is 12.5 Å². The molecule has 2 heterocycles. The van der Waals surface area contributed by atoms with Crippen LogP contribution in [0.25, 0.3) is 67.3 Å². The van der Waals surface area contributed by atoms with Crippen molar-refractivity contribution in [2.45, 2.75) is 13.3 Å². The third-order valence-electron chi connectivity index (χ3n) is 7.71. The van der Waals surface area contributed by atoms with Crippen molar-refractivity contribution in [3.05, 3.63) is 152 Å². The second-order valence-corrected chi connectivity index (χ2v) is 10.3. The molecule has 7 aromatic rings. The van der Waals surface area contributed by atoms with Crippen LogP contribution in [0.5, 0.6) is 0 Å². The van der Waals surface area contributed by atoms with Crippen LogP contribution in [0.15, 0.2) is 134 Å². The fraction of sp³-hybridized carbons (Fsp3) is 0.0526. The topological polar surface area (TPSA) is 60.4 Å². The summed E-state index contributed by atoms with van der Waals surface area (Å²) >= 11 is 0. The highest BCUT2D eigenvalue weighted by molar-refractivity contribution is 5.92. The summed E-state index contributed by atoms with van der Waals surface area (Å²) in [4.78, 5) is 27.3. The van der Waals surface area contributed by atoms with Gasteiger partial charge in [-0.05, 0) is 83.6 Å². The largest absolute Gasteiger partial charge is 0.456 e. The Hall–Kier alpha value is -5.48. The number of benzene rings is 5. The molecule has 0 bridgehead atoms. The minimum atomic E-state index is -0.0816. The summed E-state index contributed by atoms with van der Waals surface area (Å²) in [7, 11) is 0. The molecule has 202 valence electrons. The first-order valence-electron chi connectivity index (χ1n) is 13.9. The van der Waals surface area contributed by atoms with E-state index in [0.29, 0.717) is 50.0 Å². The molecule has 4 nitrogen and oxygen atoms in total. The van der Waals surface area contributed by atoms with E-state index >= 15 is 0 Å². The van der Waals surface area contributed by atoms with Gasteiger partial charge in [-0.25, -0.2) is 0 Å². The first-order valence-corrected chi connectivity index (χ1v) is 13.9. The predicted octanol–water partition coefficient (Wildman–Crippen LogP) is 7.21. The van der Waals surface area contributed by atoms with Crippen molar-refractivity contribution in [2.24, 2.45) is 0 Å². The van der Waals surface area contributed by atoms with Gasteiger partial charge in [0.1, 0.15) is 22.2 Å². The molecular weight excluding hydrogens is 520 g/mol. The third kappa shape index (κ3) is 4.53. The number of rotatable bonds is 4. The molecule has 7 rings (SSSR count). The summed E-state index contributed by atoms with van der Waals surface area (Å²) in [6.07, 6.45) is 4.14. The van der Waals surface area contributed by atoms with Crippen LogP contribution in [0.4, 0.5) is 0 Å². The highest BCUT2D eigenvalue weighted by Crippen LogP contribution is 2.26. The van der Waals surface area contributed by atoms with Gasteiger partial charge in [-0.15, -0.1) is 0 Å². The average Bonchev–Trinajstić information content (AvgIpc) is 3.05. The van der Waals surface area contributed by atoms with Crippen molar-refractivity contribution >= 4 is 45.1 Å². The normalized spacial score (nSPS) is 12.5. The molecule has 0 unspecified atom stereocenters. The molecule has 0 aliphatic rings. The van der Waals surface area contributed by atoms with Crippen molar-refractivity contribution in [3.8, 4) is 22.3 Å². The summed E-state index contributed by atoms with van der Waals surface area (Å²) in [6, 6.07) is 37.0. The number of hydrogen-bond donors (Lipinski definition) is 0. The Bertz CT molecular complexity index is 2360. The highest BCUT2D eigenvalue weighted by atomic mass is 16.3. The molecule has 42 heavy (non-hydrogen) atoms. The van der Waals surface area contributed by atoms with Crippen LogP contribution < -0.4 is 21.5 Å². The summed E-state index contributed by atoms with van der Waals surface area (Å²) < 4.78 is 12.2. The van der Waals surface area contributed by atoms with E-state index in [1.165, 1.54) is 0 Å². The summed E-state index contributed by atoms with van der Waals surface area (Å²) in [5.41, 5.74) is 6.89. The maximum atomic E-state index is 13.7. The van der Waals surface area contributed by atoms with Gasteiger partial charge in [-0.3, -0.25) is 9.59 Å². The zero-order chi connectivity index (χ0) is 28.6. The maximum absolute atomic E-state index is 13.7. The quantitative estimate of drug-likeness (QED) is 0.219. The summed E-state index contributed by atoms with van der Waals surface area (Å²) in [6.45, 7) is 1.86. The molecule has 0 amide bonds. The molecule has 0 saturated heterocycles. The van der Waals surface area contributed by atoms with E-state index in [9.17, 15) is 9.59 Å². The molecule has 4 heteroatoms. The Morgan fingerprint density at radius 3 is 1.67 bits per heavy atom. The second-order valence-electron chi connectivity index (χ2n) is 10.3. The zero-order valence-electron chi connectivity index (χ0n) is 23.0. The molecule has 0 aliphatic heterocycles. The molecule has 0 saturated carbocycles. The molecule has 0 N–H and O–H groups in total. The van der Waals surface area contributed by atoms with E-state index < -0.39 is 0 Å². The molecule has 0 spiro atoms. The van der Waals surface area contributed by atoms with E-state index in [1.54, 1.807) is 0 Å². The van der Waals surface area contributed by atoms with Gasteiger partial charge in [-0.2, -0.15) is 0 Å². The fourth-order valence-electron chi connectivity index (χ4n) is 5.51. The number of hydrogen-bond acceptors (Lipinski definition) is 4. The third-order valence-corrected chi connectivity index (χ3v) is 7.71. The van der Waals surface area contributed by atoms with E-state index in [0.717, 1.165) is 27.8 Å². The van der Waals surface area contributed by atoms with Crippen LogP contribution in [-0.2, 0) is 6.42 Å². The van der Waals surface area contributed by atoms with Gasteiger partial charge in [-0.1, -0.05) is 84.9 Å². The lowest BCUT2D eigenvalue weighted by atomic mass is 10.0. The Morgan fingerprint density at radius 1 is 0.548 bits per heavy atom.